The largest absolute Gasteiger partial charge is 0.505 e. The predicted octanol–water partition coefficient (Wildman–Crippen LogP) is 5.62. The number of hydrogen-bond donors (Lipinski definition) is 6. The van der Waals surface area contributed by atoms with Crippen molar-refractivity contribution < 1.29 is 57.5 Å². The molecule has 0 atom stereocenters. The second-order valence-electron chi connectivity index (χ2n) is 10.2. The van der Waals surface area contributed by atoms with Crippen molar-refractivity contribution >= 4 is 87.4 Å². The van der Waals surface area contributed by atoms with Gasteiger partial charge in [-0.2, -0.15) is 40.2 Å². The summed E-state index contributed by atoms with van der Waals surface area (Å²) in [6.45, 7) is 1.85. The van der Waals surface area contributed by atoms with Crippen LogP contribution < -0.4 is 15.4 Å². The number of ether oxygens (including phenoxy) is 1. The van der Waals surface area contributed by atoms with E-state index in [2.05, 4.69) is 35.8 Å². The molecule has 0 saturated carbocycles. The topological polar surface area (TPSA) is 280 Å². The van der Waals surface area contributed by atoms with Gasteiger partial charge in [0.05, 0.1) is 12.8 Å². The van der Waals surface area contributed by atoms with Crippen LogP contribution in [0.1, 0.15) is 5.56 Å². The molecule has 6 N–H and O–H groups in total. The van der Waals surface area contributed by atoms with Crippen LogP contribution in [-0.4, -0.2) is 66.1 Å². The van der Waals surface area contributed by atoms with Crippen LogP contribution in [0.25, 0.3) is 10.8 Å². The molecule has 268 valence electrons. The molecule has 24 heteroatoms. The molecule has 0 aliphatic rings. The molecule has 0 bridgehead atoms. The van der Waals surface area contributed by atoms with Crippen LogP contribution in [0.3, 0.4) is 0 Å². The summed E-state index contributed by atoms with van der Waals surface area (Å²) in [4.78, 5) is 7.01. The standard InChI is InChI=1S/C27H20ClF2N7O11S3/c1-11-3-6-18(48-2)16(7-11)32-27-34-25(28)33-26(35-27)31-13-4-5-14-12(8-13)9-19(49(39,40)41)21(22(14)38)37-36-17-10-15(29)23(50(42,43)44)20(30)24(17)51(45,46)47/h3-10,38H,1-2H3,(H,39,40,41)(H,42,43,44)(H,45,46,47)(H2,31,32,33,34,35). The maximum absolute atomic E-state index is 14.8. The Bertz CT molecular complexity index is 2630. The summed E-state index contributed by atoms with van der Waals surface area (Å²) in [7, 11) is -15.3. The van der Waals surface area contributed by atoms with Gasteiger partial charge in [-0.25, -0.2) is 8.78 Å². The van der Waals surface area contributed by atoms with Crippen LogP contribution in [0.5, 0.6) is 11.5 Å². The summed E-state index contributed by atoms with van der Waals surface area (Å²) >= 11 is 6.10. The molecular formula is C27H20ClF2N7O11S3. The van der Waals surface area contributed by atoms with E-state index in [1.807, 2.05) is 13.0 Å². The summed E-state index contributed by atoms with van der Waals surface area (Å²) in [5, 5.41) is 22.8. The van der Waals surface area contributed by atoms with Crippen molar-refractivity contribution in [2.45, 2.75) is 21.6 Å². The van der Waals surface area contributed by atoms with Gasteiger partial charge < -0.3 is 20.5 Å². The van der Waals surface area contributed by atoms with Gasteiger partial charge in [-0.1, -0.05) is 6.07 Å². The van der Waals surface area contributed by atoms with Gasteiger partial charge in [0.25, 0.3) is 30.4 Å². The summed E-state index contributed by atoms with van der Waals surface area (Å²) in [5.41, 5.74) is -0.909. The van der Waals surface area contributed by atoms with Crippen molar-refractivity contribution in [3.05, 3.63) is 71.0 Å². The number of fused-ring (bicyclic) bond motifs is 1. The third-order valence-corrected chi connectivity index (χ3v) is 9.51. The van der Waals surface area contributed by atoms with E-state index in [-0.39, 0.29) is 39.7 Å². The van der Waals surface area contributed by atoms with E-state index >= 15 is 0 Å². The second kappa shape index (κ2) is 13.5. The fourth-order valence-electron chi connectivity index (χ4n) is 4.59. The Kier molecular flexibility index (Phi) is 9.83. The number of anilines is 4. The van der Waals surface area contributed by atoms with Gasteiger partial charge in [0, 0.05) is 17.1 Å². The van der Waals surface area contributed by atoms with Gasteiger partial charge in [0.15, 0.2) is 21.4 Å². The van der Waals surface area contributed by atoms with E-state index in [0.717, 1.165) is 11.6 Å². The number of methoxy groups -OCH3 is 1. The number of aromatic nitrogens is 3. The van der Waals surface area contributed by atoms with E-state index in [9.17, 15) is 48.2 Å². The quantitative estimate of drug-likeness (QED) is 0.0739. The van der Waals surface area contributed by atoms with E-state index in [1.54, 1.807) is 12.1 Å². The fourth-order valence-corrected chi connectivity index (χ4v) is 6.79. The van der Waals surface area contributed by atoms with Crippen molar-refractivity contribution in [3.8, 4) is 11.5 Å². The molecule has 1 aromatic heterocycles. The van der Waals surface area contributed by atoms with E-state index < -0.39 is 73.8 Å². The molecule has 5 aromatic rings. The molecule has 0 radical (unpaired) electrons. The first kappa shape index (κ1) is 37.1. The lowest BCUT2D eigenvalue weighted by atomic mass is 10.1. The number of azo groups is 1. The van der Waals surface area contributed by atoms with Gasteiger partial charge >= 0.3 is 0 Å². The first-order valence-electron chi connectivity index (χ1n) is 13.4. The number of rotatable bonds is 10. The van der Waals surface area contributed by atoms with Gasteiger partial charge in [-0.05, 0) is 65.9 Å². The Balaban J connectivity index is 1.57. The van der Waals surface area contributed by atoms with Gasteiger partial charge in [0.1, 0.15) is 27.8 Å². The van der Waals surface area contributed by atoms with Crippen molar-refractivity contribution in [1.82, 2.24) is 15.0 Å². The molecule has 0 aliphatic carbocycles. The van der Waals surface area contributed by atoms with Gasteiger partial charge in [-0.3, -0.25) is 13.7 Å². The highest BCUT2D eigenvalue weighted by molar-refractivity contribution is 7.87. The lowest BCUT2D eigenvalue weighted by Crippen LogP contribution is -2.11. The minimum atomic E-state index is -5.75. The lowest BCUT2D eigenvalue weighted by Gasteiger charge is -2.13. The van der Waals surface area contributed by atoms with Gasteiger partial charge in [-0.15, -0.1) is 10.2 Å². The third-order valence-electron chi connectivity index (χ3n) is 6.68. The lowest BCUT2D eigenvalue weighted by molar-refractivity contribution is 0.416. The summed E-state index contributed by atoms with van der Waals surface area (Å²) in [6, 6.07) is 9.89. The van der Waals surface area contributed by atoms with E-state index in [0.29, 0.717) is 11.4 Å². The Morgan fingerprint density at radius 1 is 0.804 bits per heavy atom. The highest BCUT2D eigenvalue weighted by atomic mass is 35.5. The number of halogens is 3. The average Bonchev–Trinajstić information content (AvgIpc) is 2.98. The molecule has 0 amide bonds. The maximum atomic E-state index is 14.8. The van der Waals surface area contributed by atoms with Crippen molar-refractivity contribution in [2.75, 3.05) is 17.7 Å². The first-order valence-corrected chi connectivity index (χ1v) is 18.1. The zero-order chi connectivity index (χ0) is 37.6. The Labute approximate surface area is 291 Å². The van der Waals surface area contributed by atoms with Crippen LogP contribution in [0.15, 0.2) is 73.4 Å². The van der Waals surface area contributed by atoms with Gasteiger partial charge in [0.2, 0.25) is 17.2 Å². The minimum absolute atomic E-state index is 0.00744. The molecule has 1 heterocycles. The molecule has 0 aliphatic heterocycles. The van der Waals surface area contributed by atoms with Crippen LogP contribution in [0.4, 0.5) is 43.4 Å². The smallest absolute Gasteiger partial charge is 0.300 e. The third kappa shape index (κ3) is 7.93. The zero-order valence-electron chi connectivity index (χ0n) is 25.4. The van der Waals surface area contributed by atoms with Crippen LogP contribution in [0.2, 0.25) is 5.28 Å². The number of aromatic hydroxyl groups is 1. The summed E-state index contributed by atoms with van der Waals surface area (Å²) in [5.74, 6) is -5.17. The molecule has 18 nitrogen and oxygen atoms in total. The molecule has 0 saturated heterocycles. The molecule has 4 aromatic carbocycles. The number of phenolic OH excluding ortho intramolecular Hbond substituents is 1. The number of phenols is 1. The predicted molar refractivity (Wildman–Crippen MR) is 175 cm³/mol. The van der Waals surface area contributed by atoms with E-state index in [1.165, 1.54) is 25.3 Å². The zero-order valence-corrected chi connectivity index (χ0v) is 28.6. The highest BCUT2D eigenvalue weighted by Crippen LogP contribution is 2.43. The number of nitrogens with one attached hydrogen (secondary N) is 2. The van der Waals surface area contributed by atoms with Crippen LogP contribution >= 0.6 is 11.6 Å². The Hall–Kier alpha value is -5.17. The Morgan fingerprint density at radius 2 is 1.45 bits per heavy atom. The van der Waals surface area contributed by atoms with E-state index in [4.69, 9.17) is 20.9 Å². The number of benzene rings is 4. The summed E-state index contributed by atoms with van der Waals surface area (Å²) < 4.78 is 134. The van der Waals surface area contributed by atoms with Crippen molar-refractivity contribution in [1.29, 1.82) is 0 Å². The SMILES string of the molecule is COc1ccc(C)cc1Nc1nc(Cl)nc(Nc2ccc3c(O)c(N=Nc4cc(F)c(S(=O)(=O)O)c(F)c4S(=O)(=O)O)c(S(=O)(=O)O)cc3c2)n1. The number of hydrogen-bond acceptors (Lipinski definition) is 15. The molecule has 5 rings (SSSR count). The molecule has 0 spiro atoms. The maximum Gasteiger partial charge on any atom is 0.300 e. The fraction of sp³-hybridized carbons (Fsp3) is 0.0741. The number of nitrogens with zero attached hydrogens (tertiary/aromatic N) is 5. The molecule has 0 unspecified atom stereocenters. The normalized spacial score (nSPS) is 12.4. The van der Waals surface area contributed by atoms with Crippen molar-refractivity contribution in [3.63, 3.8) is 0 Å². The van der Waals surface area contributed by atoms with Crippen LogP contribution in [0, 0.1) is 18.6 Å². The summed E-state index contributed by atoms with van der Waals surface area (Å²) in [6.07, 6.45) is 0. The molecule has 51 heavy (non-hydrogen) atoms. The average molecular weight is 788 g/mol. The first-order chi connectivity index (χ1) is 23.7. The minimum Gasteiger partial charge on any atom is -0.505 e. The molecule has 0 fully saturated rings. The molecular weight excluding hydrogens is 768 g/mol. The Morgan fingerprint density at radius 3 is 2.06 bits per heavy atom. The highest BCUT2D eigenvalue weighted by Gasteiger charge is 2.33. The monoisotopic (exact) mass is 787 g/mol. The van der Waals surface area contributed by atoms with Crippen molar-refractivity contribution in [2.24, 2.45) is 10.2 Å². The second-order valence-corrected chi connectivity index (χ2v) is 14.6. The number of aryl methyl sites for hydroxylation is 1. The van der Waals surface area contributed by atoms with Crippen LogP contribution in [-0.2, 0) is 30.4 Å².